The second kappa shape index (κ2) is 8.67. The number of amides is 1. The summed E-state index contributed by atoms with van der Waals surface area (Å²) in [4.78, 5) is 12.5. The third kappa shape index (κ3) is 5.07. The molecule has 0 atom stereocenters. The molecule has 0 fully saturated rings. The van der Waals surface area contributed by atoms with Gasteiger partial charge in [0.2, 0.25) is 0 Å². The number of nitriles is 1. The fraction of sp³-hybridized carbons (Fsp3) is 0.200. The van der Waals surface area contributed by atoms with Crippen molar-refractivity contribution in [1.82, 2.24) is 0 Å². The number of rotatable bonds is 5. The van der Waals surface area contributed by atoms with E-state index < -0.39 is 5.91 Å². The molecular weight excluding hydrogens is 427 g/mol. The molecule has 0 aliphatic carbocycles. The molecule has 0 spiro atoms. The number of anilines is 1. The average molecular weight is 446 g/mol. The smallest absolute Gasteiger partial charge is 0.266 e. The van der Waals surface area contributed by atoms with Crippen LogP contribution in [-0.4, -0.2) is 12.5 Å². The number of hydrogen-bond acceptors (Lipinski definition) is 3. The second-order valence-corrected chi connectivity index (χ2v) is 6.77. The van der Waals surface area contributed by atoms with Gasteiger partial charge in [0.25, 0.3) is 5.91 Å². The van der Waals surface area contributed by atoms with E-state index in [9.17, 15) is 10.1 Å². The number of ether oxygens (including phenoxy) is 1. The number of carbonyl (C=O) groups excluding carboxylic acids is 1. The Bertz CT molecular complexity index is 866. The Hall–Kier alpha value is -2.33. The fourth-order valence-electron chi connectivity index (χ4n) is 2.31. The van der Waals surface area contributed by atoms with Gasteiger partial charge < -0.3 is 10.1 Å². The number of carbonyl (C=O) groups is 1. The molecular formula is C20H19IN2O2. The van der Waals surface area contributed by atoms with Crippen LogP contribution in [0.3, 0.4) is 0 Å². The van der Waals surface area contributed by atoms with E-state index in [1.54, 1.807) is 6.08 Å². The van der Waals surface area contributed by atoms with Crippen molar-refractivity contribution < 1.29 is 9.53 Å². The minimum absolute atomic E-state index is 0.0466. The number of nitrogens with one attached hydrogen (secondary N) is 1. The predicted molar refractivity (Wildman–Crippen MR) is 108 cm³/mol. The van der Waals surface area contributed by atoms with Crippen LogP contribution in [-0.2, 0) is 4.79 Å². The molecule has 25 heavy (non-hydrogen) atoms. The highest BCUT2D eigenvalue weighted by molar-refractivity contribution is 14.1. The van der Waals surface area contributed by atoms with Crippen LogP contribution in [0.1, 0.15) is 23.6 Å². The van der Waals surface area contributed by atoms with Crippen molar-refractivity contribution in [1.29, 1.82) is 5.26 Å². The van der Waals surface area contributed by atoms with Crippen molar-refractivity contribution in [2.45, 2.75) is 20.8 Å². The van der Waals surface area contributed by atoms with E-state index in [1.807, 2.05) is 63.2 Å². The molecule has 0 saturated heterocycles. The Labute approximate surface area is 161 Å². The quantitative estimate of drug-likeness (QED) is 0.406. The molecule has 2 rings (SSSR count). The summed E-state index contributed by atoms with van der Waals surface area (Å²) in [6.45, 7) is 6.39. The maximum atomic E-state index is 12.5. The first-order valence-electron chi connectivity index (χ1n) is 7.87. The standard InChI is InChI=1S/C20H19IN2O2/c1-4-25-18-10-15(9-17(21)11-18)8-16(12-22)20(24)23-19-7-5-6-13(2)14(19)3/h5-11H,4H2,1-3H3,(H,23,24)/b16-8+. The molecule has 2 aromatic rings. The molecule has 128 valence electrons. The third-order valence-corrected chi connectivity index (χ3v) is 4.36. The molecule has 0 bridgehead atoms. The second-order valence-electron chi connectivity index (χ2n) is 5.52. The van der Waals surface area contributed by atoms with Crippen molar-refractivity contribution in [2.75, 3.05) is 11.9 Å². The summed E-state index contributed by atoms with van der Waals surface area (Å²) in [5, 5.41) is 12.2. The molecule has 0 saturated carbocycles. The van der Waals surface area contributed by atoms with Gasteiger partial charge in [0.1, 0.15) is 17.4 Å². The zero-order chi connectivity index (χ0) is 18.4. The summed E-state index contributed by atoms with van der Waals surface area (Å²) in [5.41, 5.74) is 3.58. The topological polar surface area (TPSA) is 62.1 Å². The van der Waals surface area contributed by atoms with Crippen LogP contribution < -0.4 is 10.1 Å². The average Bonchev–Trinajstić information content (AvgIpc) is 2.56. The maximum absolute atomic E-state index is 12.5. The summed E-state index contributed by atoms with van der Waals surface area (Å²) in [6, 6.07) is 13.3. The van der Waals surface area contributed by atoms with Crippen LogP contribution in [0.15, 0.2) is 42.0 Å². The lowest BCUT2D eigenvalue weighted by Gasteiger charge is -2.10. The first kappa shape index (κ1) is 19.0. The van der Waals surface area contributed by atoms with Crippen LogP contribution in [0.25, 0.3) is 6.08 Å². The van der Waals surface area contributed by atoms with E-state index in [0.29, 0.717) is 18.0 Å². The summed E-state index contributed by atoms with van der Waals surface area (Å²) < 4.78 is 6.48. The zero-order valence-electron chi connectivity index (χ0n) is 14.4. The summed E-state index contributed by atoms with van der Waals surface area (Å²) >= 11 is 2.18. The van der Waals surface area contributed by atoms with E-state index in [1.165, 1.54) is 0 Å². The van der Waals surface area contributed by atoms with Crippen LogP contribution in [0.4, 0.5) is 5.69 Å². The molecule has 0 radical (unpaired) electrons. The molecule has 1 amide bonds. The van der Waals surface area contributed by atoms with Gasteiger partial charge in [0.15, 0.2) is 0 Å². The Morgan fingerprint density at radius 3 is 2.76 bits per heavy atom. The molecule has 2 aromatic carbocycles. The first-order valence-corrected chi connectivity index (χ1v) is 8.95. The van der Waals surface area contributed by atoms with Crippen molar-refractivity contribution in [3.05, 3.63) is 62.2 Å². The van der Waals surface area contributed by atoms with Crippen molar-refractivity contribution in [2.24, 2.45) is 0 Å². The summed E-state index contributed by atoms with van der Waals surface area (Å²) in [5.74, 6) is 0.292. The fourth-order valence-corrected chi connectivity index (χ4v) is 2.98. The number of aryl methyl sites for hydroxylation is 1. The van der Waals surface area contributed by atoms with Gasteiger partial charge >= 0.3 is 0 Å². The van der Waals surface area contributed by atoms with Crippen LogP contribution in [0.5, 0.6) is 5.75 Å². The minimum Gasteiger partial charge on any atom is -0.494 e. The molecule has 4 nitrogen and oxygen atoms in total. The van der Waals surface area contributed by atoms with Gasteiger partial charge in [-0.2, -0.15) is 5.26 Å². The van der Waals surface area contributed by atoms with Gasteiger partial charge in [-0.1, -0.05) is 12.1 Å². The van der Waals surface area contributed by atoms with Crippen molar-refractivity contribution in [3.63, 3.8) is 0 Å². The Morgan fingerprint density at radius 2 is 2.08 bits per heavy atom. The van der Waals surface area contributed by atoms with Crippen molar-refractivity contribution in [3.8, 4) is 11.8 Å². The van der Waals surface area contributed by atoms with Gasteiger partial charge in [0.05, 0.1) is 6.61 Å². The number of benzene rings is 2. The Kier molecular flexibility index (Phi) is 6.59. The van der Waals surface area contributed by atoms with Gasteiger partial charge in [-0.25, -0.2) is 0 Å². The first-order chi connectivity index (χ1) is 11.9. The normalized spacial score (nSPS) is 10.9. The lowest BCUT2D eigenvalue weighted by atomic mass is 10.1. The lowest BCUT2D eigenvalue weighted by molar-refractivity contribution is -0.112. The van der Waals surface area contributed by atoms with E-state index in [4.69, 9.17) is 4.74 Å². The molecule has 0 heterocycles. The zero-order valence-corrected chi connectivity index (χ0v) is 16.5. The predicted octanol–water partition coefficient (Wildman–Crippen LogP) is 4.85. The molecule has 5 heteroatoms. The van der Waals surface area contributed by atoms with Crippen molar-refractivity contribution >= 4 is 40.3 Å². The molecule has 1 N–H and O–H groups in total. The lowest BCUT2D eigenvalue weighted by Crippen LogP contribution is -2.14. The van der Waals surface area contributed by atoms with E-state index >= 15 is 0 Å². The number of nitrogens with zero attached hydrogens (tertiary/aromatic N) is 1. The number of hydrogen-bond donors (Lipinski definition) is 1. The Morgan fingerprint density at radius 1 is 1.32 bits per heavy atom. The molecule has 0 aromatic heterocycles. The van der Waals surface area contributed by atoms with Gasteiger partial charge in [-0.3, -0.25) is 4.79 Å². The van der Waals surface area contributed by atoms with Crippen LogP contribution in [0.2, 0.25) is 0 Å². The molecule has 0 unspecified atom stereocenters. The highest BCUT2D eigenvalue weighted by atomic mass is 127. The highest BCUT2D eigenvalue weighted by Crippen LogP contribution is 2.22. The summed E-state index contributed by atoms with van der Waals surface area (Å²) in [7, 11) is 0. The third-order valence-electron chi connectivity index (χ3n) is 3.73. The SMILES string of the molecule is CCOc1cc(I)cc(/C=C(\C#N)C(=O)Nc2cccc(C)c2C)c1. The molecule has 0 aliphatic heterocycles. The van der Waals surface area contributed by atoms with Crippen LogP contribution in [0, 0.1) is 28.7 Å². The number of halogens is 1. The minimum atomic E-state index is -0.423. The van der Waals surface area contributed by atoms with E-state index in [0.717, 1.165) is 20.3 Å². The Balaban J connectivity index is 2.29. The van der Waals surface area contributed by atoms with E-state index in [-0.39, 0.29) is 5.57 Å². The van der Waals surface area contributed by atoms with Crippen LogP contribution >= 0.6 is 22.6 Å². The molecule has 0 aliphatic rings. The van der Waals surface area contributed by atoms with Gasteiger partial charge in [-0.15, -0.1) is 0 Å². The largest absolute Gasteiger partial charge is 0.494 e. The maximum Gasteiger partial charge on any atom is 0.266 e. The van der Waals surface area contributed by atoms with E-state index in [2.05, 4.69) is 27.9 Å². The van der Waals surface area contributed by atoms with Gasteiger partial charge in [-0.05, 0) is 90.4 Å². The highest BCUT2D eigenvalue weighted by Gasteiger charge is 2.12. The summed E-state index contributed by atoms with van der Waals surface area (Å²) in [6.07, 6.45) is 1.57. The monoisotopic (exact) mass is 446 g/mol. The van der Waals surface area contributed by atoms with Gasteiger partial charge in [0, 0.05) is 9.26 Å².